The highest BCUT2D eigenvalue weighted by atomic mass is 32.2. The zero-order chi connectivity index (χ0) is 18.2. The maximum Gasteiger partial charge on any atom is 0.240 e. The molecule has 0 aliphatic rings. The van der Waals surface area contributed by atoms with Crippen LogP contribution in [0.1, 0.15) is 33.1 Å². The highest BCUT2D eigenvalue weighted by Gasteiger charge is 2.15. The summed E-state index contributed by atoms with van der Waals surface area (Å²) in [5.41, 5.74) is 0. The van der Waals surface area contributed by atoms with Crippen molar-refractivity contribution in [3.63, 3.8) is 0 Å². The molecule has 0 aliphatic carbocycles. The van der Waals surface area contributed by atoms with Gasteiger partial charge in [-0.05, 0) is 63.2 Å². The lowest BCUT2D eigenvalue weighted by Crippen LogP contribution is -2.31. The minimum atomic E-state index is -3.83. The maximum atomic E-state index is 12.2. The van der Waals surface area contributed by atoms with E-state index in [-0.39, 0.29) is 9.79 Å². The average Bonchev–Trinajstić information content (AvgIpc) is 2.51. The molecule has 0 spiro atoms. The van der Waals surface area contributed by atoms with Gasteiger partial charge in [-0.3, -0.25) is 0 Å². The van der Waals surface area contributed by atoms with Crippen molar-refractivity contribution in [2.75, 3.05) is 26.2 Å². The van der Waals surface area contributed by atoms with Crippen LogP contribution >= 0.6 is 0 Å². The molecule has 1 rings (SSSR count). The first kappa shape index (κ1) is 21.0. The van der Waals surface area contributed by atoms with E-state index in [2.05, 4.69) is 23.5 Å². The Morgan fingerprint density at radius 1 is 0.917 bits per heavy atom. The summed E-state index contributed by atoms with van der Waals surface area (Å²) in [6, 6.07) is 4.85. The molecule has 3 N–H and O–H groups in total. The van der Waals surface area contributed by atoms with Crippen molar-refractivity contribution < 1.29 is 16.8 Å². The largest absolute Gasteiger partial charge is 0.303 e. The predicted octanol–water partition coefficient (Wildman–Crippen LogP) is 1.12. The Kier molecular flexibility index (Phi) is 8.31. The molecule has 1 aromatic carbocycles. The highest BCUT2D eigenvalue weighted by Crippen LogP contribution is 2.13. The van der Waals surface area contributed by atoms with Crippen molar-refractivity contribution in [1.29, 1.82) is 0 Å². The summed E-state index contributed by atoms with van der Waals surface area (Å²) in [5, 5.41) is 4.99. The number of nitrogens with one attached hydrogen (secondary N) is 1. The summed E-state index contributed by atoms with van der Waals surface area (Å²) in [6.45, 7) is 7.44. The number of sulfonamides is 2. The van der Waals surface area contributed by atoms with Gasteiger partial charge in [-0.1, -0.05) is 13.8 Å². The van der Waals surface area contributed by atoms with E-state index in [1.54, 1.807) is 0 Å². The molecule has 1 aromatic rings. The van der Waals surface area contributed by atoms with E-state index >= 15 is 0 Å². The van der Waals surface area contributed by atoms with Crippen LogP contribution in [0.25, 0.3) is 0 Å². The Morgan fingerprint density at radius 3 is 1.88 bits per heavy atom. The summed E-state index contributed by atoms with van der Waals surface area (Å²) in [5.74, 6) is 0. The molecule has 7 nitrogen and oxygen atoms in total. The van der Waals surface area contributed by atoms with Crippen LogP contribution in [0.15, 0.2) is 34.1 Å². The van der Waals surface area contributed by atoms with Gasteiger partial charge < -0.3 is 4.90 Å². The number of hydrogen-bond acceptors (Lipinski definition) is 5. The van der Waals surface area contributed by atoms with E-state index in [0.717, 1.165) is 32.5 Å². The van der Waals surface area contributed by atoms with Crippen LogP contribution in [-0.4, -0.2) is 47.9 Å². The number of primary sulfonamides is 1. The molecular formula is C15H27N3O4S2. The Balaban J connectivity index is 2.57. The lowest BCUT2D eigenvalue weighted by molar-refractivity contribution is 0.272. The summed E-state index contributed by atoms with van der Waals surface area (Å²) in [4.78, 5) is 2.22. The Bertz CT molecular complexity index is 695. The Hall–Kier alpha value is -1.00. The zero-order valence-corrected chi connectivity index (χ0v) is 15.9. The Morgan fingerprint density at radius 2 is 1.42 bits per heavy atom. The van der Waals surface area contributed by atoms with Gasteiger partial charge in [0.15, 0.2) is 0 Å². The average molecular weight is 378 g/mol. The fraction of sp³-hybridized carbons (Fsp3) is 0.600. The van der Waals surface area contributed by atoms with Gasteiger partial charge in [0.05, 0.1) is 9.79 Å². The molecule has 138 valence electrons. The van der Waals surface area contributed by atoms with E-state index in [1.165, 1.54) is 24.3 Å². The second-order valence-electron chi connectivity index (χ2n) is 5.61. The molecule has 0 aromatic heterocycles. The number of nitrogens with zero attached hydrogens (tertiary/aromatic N) is 1. The lowest BCUT2D eigenvalue weighted by Gasteiger charge is -2.20. The first-order valence-corrected chi connectivity index (χ1v) is 11.1. The molecule has 0 saturated heterocycles. The third-order valence-electron chi connectivity index (χ3n) is 3.49. The lowest BCUT2D eigenvalue weighted by atomic mass is 10.3. The molecule has 0 aliphatic heterocycles. The molecule has 0 radical (unpaired) electrons. The molecule has 0 fully saturated rings. The smallest absolute Gasteiger partial charge is 0.240 e. The van der Waals surface area contributed by atoms with E-state index in [1.807, 2.05) is 0 Å². The van der Waals surface area contributed by atoms with Gasteiger partial charge in [-0.25, -0.2) is 26.7 Å². The summed E-state index contributed by atoms with van der Waals surface area (Å²) < 4.78 is 49.3. The van der Waals surface area contributed by atoms with Crippen LogP contribution in [0.5, 0.6) is 0 Å². The second kappa shape index (κ2) is 9.47. The quantitative estimate of drug-likeness (QED) is 0.562. The zero-order valence-electron chi connectivity index (χ0n) is 14.2. The van der Waals surface area contributed by atoms with E-state index in [9.17, 15) is 16.8 Å². The van der Waals surface area contributed by atoms with E-state index in [4.69, 9.17) is 5.14 Å². The summed E-state index contributed by atoms with van der Waals surface area (Å²) in [6.07, 6.45) is 2.86. The van der Waals surface area contributed by atoms with Crippen molar-refractivity contribution in [2.24, 2.45) is 5.14 Å². The van der Waals surface area contributed by atoms with Crippen molar-refractivity contribution in [2.45, 2.75) is 42.9 Å². The first-order chi connectivity index (χ1) is 11.2. The number of rotatable bonds is 11. The molecule has 0 atom stereocenters. The normalized spacial score (nSPS) is 12.7. The highest BCUT2D eigenvalue weighted by molar-refractivity contribution is 7.89. The summed E-state index contributed by atoms with van der Waals surface area (Å²) in [7, 11) is -7.48. The van der Waals surface area contributed by atoms with Crippen LogP contribution in [0.4, 0.5) is 0 Å². The molecular weight excluding hydrogens is 350 g/mol. The Labute approximate surface area is 145 Å². The van der Waals surface area contributed by atoms with Crippen LogP contribution in [0.2, 0.25) is 0 Å². The van der Waals surface area contributed by atoms with Crippen molar-refractivity contribution in [1.82, 2.24) is 9.62 Å². The SMILES string of the molecule is CCCN(CCC)CCCNS(=O)(=O)c1ccc(S(N)(=O)=O)cc1. The second-order valence-corrected chi connectivity index (χ2v) is 8.94. The summed E-state index contributed by atoms with van der Waals surface area (Å²) >= 11 is 0. The predicted molar refractivity (Wildman–Crippen MR) is 94.6 cm³/mol. The molecule has 0 amide bonds. The van der Waals surface area contributed by atoms with Crippen LogP contribution in [-0.2, 0) is 20.0 Å². The minimum Gasteiger partial charge on any atom is -0.303 e. The van der Waals surface area contributed by atoms with Crippen molar-refractivity contribution in [3.05, 3.63) is 24.3 Å². The monoisotopic (exact) mass is 377 g/mol. The molecule has 0 unspecified atom stereocenters. The first-order valence-electron chi connectivity index (χ1n) is 8.05. The maximum absolute atomic E-state index is 12.2. The molecule has 0 saturated carbocycles. The van der Waals surface area contributed by atoms with Crippen LogP contribution < -0.4 is 9.86 Å². The van der Waals surface area contributed by atoms with Gasteiger partial charge >= 0.3 is 0 Å². The van der Waals surface area contributed by atoms with Gasteiger partial charge in [0, 0.05) is 6.54 Å². The van der Waals surface area contributed by atoms with Crippen molar-refractivity contribution in [3.8, 4) is 0 Å². The fourth-order valence-corrected chi connectivity index (χ4v) is 3.96. The fourth-order valence-electron chi connectivity index (χ4n) is 2.37. The standard InChI is InChI=1S/C15H27N3O4S2/c1-3-11-18(12-4-2)13-5-10-17-24(21,22)15-8-6-14(7-9-15)23(16,19)20/h6-9,17H,3-5,10-13H2,1-2H3,(H2,16,19,20). The molecule has 9 heteroatoms. The molecule has 24 heavy (non-hydrogen) atoms. The van der Waals surface area contributed by atoms with Gasteiger partial charge in [-0.15, -0.1) is 0 Å². The molecule has 0 bridgehead atoms. The number of hydrogen-bond donors (Lipinski definition) is 2. The van der Waals surface area contributed by atoms with Gasteiger partial charge in [0.2, 0.25) is 20.0 Å². The van der Waals surface area contributed by atoms with Gasteiger partial charge in [-0.2, -0.15) is 0 Å². The van der Waals surface area contributed by atoms with E-state index in [0.29, 0.717) is 13.0 Å². The molecule has 0 heterocycles. The number of benzene rings is 1. The topological polar surface area (TPSA) is 110 Å². The van der Waals surface area contributed by atoms with Gasteiger partial charge in [0.1, 0.15) is 0 Å². The third-order valence-corrected chi connectivity index (χ3v) is 5.89. The minimum absolute atomic E-state index is 0.0221. The van der Waals surface area contributed by atoms with Crippen molar-refractivity contribution >= 4 is 20.0 Å². The van der Waals surface area contributed by atoms with Crippen LogP contribution in [0.3, 0.4) is 0 Å². The third kappa shape index (κ3) is 6.86. The van der Waals surface area contributed by atoms with E-state index < -0.39 is 20.0 Å². The van der Waals surface area contributed by atoms with Gasteiger partial charge in [0.25, 0.3) is 0 Å². The number of nitrogens with two attached hydrogens (primary N) is 1. The van der Waals surface area contributed by atoms with Crippen LogP contribution in [0, 0.1) is 0 Å².